The number of carboxylic acids is 1. The number of aromatic hydroxyl groups is 1. The normalized spacial score (nSPS) is 12.6. The molecule has 5 amide bonds. The third-order valence-electron chi connectivity index (χ3n) is 7.16. The summed E-state index contributed by atoms with van der Waals surface area (Å²) in [4.78, 5) is 76.1. The predicted octanol–water partition coefficient (Wildman–Crippen LogP) is 1.31. The van der Waals surface area contributed by atoms with Gasteiger partial charge in [-0.15, -0.1) is 0 Å². The van der Waals surface area contributed by atoms with Crippen molar-refractivity contribution in [2.45, 2.75) is 51.2 Å². The van der Waals surface area contributed by atoms with Crippen LogP contribution in [0.1, 0.15) is 41.8 Å². The first-order valence-corrected chi connectivity index (χ1v) is 15.5. The summed E-state index contributed by atoms with van der Waals surface area (Å²) in [7, 11) is 0. The number of rotatable bonds is 17. The van der Waals surface area contributed by atoms with E-state index < -0.39 is 66.7 Å². The molecule has 0 bridgehead atoms. The van der Waals surface area contributed by atoms with E-state index in [4.69, 9.17) is 0 Å². The molecule has 0 saturated heterocycles. The van der Waals surface area contributed by atoms with E-state index in [-0.39, 0.29) is 30.9 Å². The van der Waals surface area contributed by atoms with Gasteiger partial charge in [0.15, 0.2) is 0 Å². The number of aliphatic carboxylic acids is 1. The summed E-state index contributed by atoms with van der Waals surface area (Å²) in [6.45, 7) is 2.62. The minimum atomic E-state index is -1.19. The molecule has 0 heterocycles. The Bertz CT molecular complexity index is 1550. The summed E-state index contributed by atoms with van der Waals surface area (Å²) in [6.07, 6.45) is 0.341. The van der Waals surface area contributed by atoms with Gasteiger partial charge in [0.25, 0.3) is 5.91 Å². The van der Waals surface area contributed by atoms with Crippen LogP contribution in [0, 0.1) is 5.92 Å². The zero-order valence-electron chi connectivity index (χ0n) is 26.8. The van der Waals surface area contributed by atoms with Gasteiger partial charge in [0.2, 0.25) is 23.6 Å². The maximum Gasteiger partial charge on any atom is 0.326 e. The molecule has 0 aromatic heterocycles. The molecule has 0 unspecified atom stereocenters. The summed E-state index contributed by atoms with van der Waals surface area (Å²) >= 11 is 0. The van der Waals surface area contributed by atoms with Crippen LogP contribution < -0.4 is 26.6 Å². The topological polar surface area (TPSA) is 203 Å². The van der Waals surface area contributed by atoms with Crippen LogP contribution in [0.3, 0.4) is 0 Å². The van der Waals surface area contributed by atoms with Gasteiger partial charge in [-0.1, -0.05) is 74.5 Å². The lowest BCUT2D eigenvalue weighted by atomic mass is 10.0. The lowest BCUT2D eigenvalue weighted by Gasteiger charge is -2.22. The van der Waals surface area contributed by atoms with E-state index in [0.717, 1.165) is 5.56 Å². The second-order valence-corrected chi connectivity index (χ2v) is 11.6. The lowest BCUT2D eigenvalue weighted by Crippen LogP contribution is -2.54. The molecule has 3 atom stereocenters. The van der Waals surface area contributed by atoms with Gasteiger partial charge in [0.05, 0.1) is 13.1 Å². The van der Waals surface area contributed by atoms with E-state index in [2.05, 4.69) is 26.6 Å². The maximum absolute atomic E-state index is 13.1. The molecule has 48 heavy (non-hydrogen) atoms. The predicted molar refractivity (Wildman–Crippen MR) is 177 cm³/mol. The van der Waals surface area contributed by atoms with Crippen LogP contribution in [-0.2, 0) is 36.8 Å². The van der Waals surface area contributed by atoms with E-state index in [1.807, 2.05) is 13.8 Å². The van der Waals surface area contributed by atoms with Crippen LogP contribution in [0.25, 0.3) is 0 Å². The van der Waals surface area contributed by atoms with Crippen molar-refractivity contribution in [2.75, 3.05) is 13.1 Å². The lowest BCUT2D eigenvalue weighted by molar-refractivity contribution is -0.142. The Hall–Kier alpha value is -5.72. The molecule has 13 heteroatoms. The highest BCUT2D eigenvalue weighted by Gasteiger charge is 2.28. The van der Waals surface area contributed by atoms with Crippen LogP contribution in [0.15, 0.2) is 84.9 Å². The fourth-order valence-electron chi connectivity index (χ4n) is 4.71. The summed E-state index contributed by atoms with van der Waals surface area (Å²) in [5.41, 5.74) is 1.71. The number of hydrogen-bond acceptors (Lipinski definition) is 7. The molecule has 254 valence electrons. The van der Waals surface area contributed by atoms with E-state index >= 15 is 0 Å². The van der Waals surface area contributed by atoms with Crippen LogP contribution in [0.5, 0.6) is 5.75 Å². The van der Waals surface area contributed by atoms with Gasteiger partial charge >= 0.3 is 5.97 Å². The second kappa shape index (κ2) is 18.4. The maximum atomic E-state index is 13.1. The minimum absolute atomic E-state index is 0.00695. The number of phenols is 1. The SMILES string of the molecule is CC(C)C[C@H](NC(=O)[C@H](Cc1ccccc1)NC(=O)CNC(=O)CNC(=O)[C@H](Cc1ccc(O)cc1)NC(=O)c1ccccc1)C(=O)O. The highest BCUT2D eigenvalue weighted by molar-refractivity contribution is 5.98. The molecule has 0 fully saturated rings. The Kier molecular flexibility index (Phi) is 14.1. The first-order valence-electron chi connectivity index (χ1n) is 15.5. The number of nitrogens with one attached hydrogen (secondary N) is 5. The Morgan fingerprint density at radius 3 is 1.73 bits per heavy atom. The zero-order chi connectivity index (χ0) is 35.1. The molecule has 3 rings (SSSR count). The number of carboxylic acid groups (broad SMARTS) is 1. The summed E-state index contributed by atoms with van der Waals surface area (Å²) in [6, 6.07) is 19.9. The Balaban J connectivity index is 1.58. The molecule has 0 aliphatic carbocycles. The van der Waals surface area contributed by atoms with Gasteiger partial charge in [0.1, 0.15) is 23.9 Å². The van der Waals surface area contributed by atoms with Crippen molar-refractivity contribution >= 4 is 35.5 Å². The fourth-order valence-corrected chi connectivity index (χ4v) is 4.71. The number of amides is 5. The molecule has 13 nitrogen and oxygen atoms in total. The number of hydrogen-bond donors (Lipinski definition) is 7. The molecular formula is C35H41N5O8. The van der Waals surface area contributed by atoms with Crippen molar-refractivity contribution in [3.05, 3.63) is 102 Å². The molecule has 0 radical (unpaired) electrons. The largest absolute Gasteiger partial charge is 0.508 e. The molecule has 0 aliphatic rings. The van der Waals surface area contributed by atoms with Gasteiger partial charge in [-0.2, -0.15) is 0 Å². The van der Waals surface area contributed by atoms with E-state index in [1.54, 1.807) is 72.8 Å². The van der Waals surface area contributed by atoms with E-state index in [1.165, 1.54) is 12.1 Å². The average Bonchev–Trinajstić information content (AvgIpc) is 3.06. The van der Waals surface area contributed by atoms with Gasteiger partial charge in [-0.3, -0.25) is 24.0 Å². The van der Waals surface area contributed by atoms with Gasteiger partial charge in [-0.25, -0.2) is 4.79 Å². The smallest absolute Gasteiger partial charge is 0.326 e. The number of carbonyl (C=O) groups excluding carboxylic acids is 5. The Morgan fingerprint density at radius 2 is 1.15 bits per heavy atom. The molecule has 0 aliphatic heterocycles. The fraction of sp³-hybridized carbons (Fsp3) is 0.314. The Morgan fingerprint density at radius 1 is 0.604 bits per heavy atom. The number of benzene rings is 3. The van der Waals surface area contributed by atoms with Crippen molar-refractivity contribution in [3.63, 3.8) is 0 Å². The first kappa shape index (κ1) is 36.7. The van der Waals surface area contributed by atoms with Crippen molar-refractivity contribution < 1.29 is 39.0 Å². The summed E-state index contributed by atoms with van der Waals surface area (Å²) < 4.78 is 0. The molecule has 0 spiro atoms. The van der Waals surface area contributed by atoms with E-state index in [0.29, 0.717) is 11.1 Å². The first-order chi connectivity index (χ1) is 22.9. The second-order valence-electron chi connectivity index (χ2n) is 11.6. The summed E-state index contributed by atoms with van der Waals surface area (Å²) in [5, 5.41) is 31.7. The van der Waals surface area contributed by atoms with Gasteiger partial charge in [0, 0.05) is 18.4 Å². The molecule has 0 saturated carbocycles. The quantitative estimate of drug-likeness (QED) is 0.112. The molecular weight excluding hydrogens is 618 g/mol. The standard InChI is InChI=1S/C35H41N5O8/c1-22(2)17-29(35(47)48)40-34(46)28(18-23-9-5-3-6-10-23)38-31(43)21-36-30(42)20-37-33(45)27(19-24-13-15-26(41)16-14-24)39-32(44)25-11-7-4-8-12-25/h3-16,22,27-29,41H,17-21H2,1-2H3,(H,36,42)(H,37,45)(H,38,43)(H,39,44)(H,40,46)(H,47,48)/t27-,28-,29-/m0/s1. The van der Waals surface area contributed by atoms with Gasteiger partial charge < -0.3 is 36.8 Å². The van der Waals surface area contributed by atoms with Crippen LogP contribution in [0.2, 0.25) is 0 Å². The molecule has 3 aromatic rings. The van der Waals surface area contributed by atoms with E-state index in [9.17, 15) is 39.0 Å². The monoisotopic (exact) mass is 659 g/mol. The third kappa shape index (κ3) is 12.6. The third-order valence-corrected chi connectivity index (χ3v) is 7.16. The average molecular weight is 660 g/mol. The van der Waals surface area contributed by atoms with Crippen LogP contribution in [-0.4, -0.2) is 76.9 Å². The van der Waals surface area contributed by atoms with Crippen LogP contribution >= 0.6 is 0 Å². The van der Waals surface area contributed by atoms with Crippen molar-refractivity contribution in [2.24, 2.45) is 5.92 Å². The highest BCUT2D eigenvalue weighted by atomic mass is 16.4. The number of phenolic OH excluding ortho intramolecular Hbond substituents is 1. The number of carbonyl (C=O) groups is 6. The molecule has 3 aromatic carbocycles. The van der Waals surface area contributed by atoms with Crippen molar-refractivity contribution in [1.29, 1.82) is 0 Å². The van der Waals surface area contributed by atoms with Crippen molar-refractivity contribution in [1.82, 2.24) is 26.6 Å². The Labute approximate surface area is 278 Å². The van der Waals surface area contributed by atoms with Crippen molar-refractivity contribution in [3.8, 4) is 5.75 Å². The highest BCUT2D eigenvalue weighted by Crippen LogP contribution is 2.12. The summed E-state index contributed by atoms with van der Waals surface area (Å²) in [5.74, 6) is -4.41. The minimum Gasteiger partial charge on any atom is -0.508 e. The van der Waals surface area contributed by atoms with Gasteiger partial charge in [-0.05, 0) is 47.7 Å². The molecule has 7 N–H and O–H groups in total. The zero-order valence-corrected chi connectivity index (χ0v) is 26.8. The van der Waals surface area contributed by atoms with Crippen LogP contribution in [0.4, 0.5) is 0 Å².